The number of hydrogen-bond donors (Lipinski definition) is 3. The van der Waals surface area contributed by atoms with Gasteiger partial charge in [0.15, 0.2) is 0 Å². The van der Waals surface area contributed by atoms with Gasteiger partial charge >= 0.3 is 0 Å². The smallest absolute Gasteiger partial charge is 0.226 e. The summed E-state index contributed by atoms with van der Waals surface area (Å²) >= 11 is 0. The van der Waals surface area contributed by atoms with E-state index in [4.69, 9.17) is 15.2 Å². The Morgan fingerprint density at radius 3 is 2.68 bits per heavy atom. The van der Waals surface area contributed by atoms with Crippen LogP contribution < -0.4 is 5.73 Å². The summed E-state index contributed by atoms with van der Waals surface area (Å²) in [5, 5.41) is 22.4. The number of nitrogens with zero attached hydrogens (tertiary/aromatic N) is 1. The number of ether oxygens (including phenoxy) is 2. The number of benzene rings is 2. The molecule has 0 spiro atoms. The van der Waals surface area contributed by atoms with Crippen LogP contribution in [0.1, 0.15) is 43.2 Å². The fourth-order valence-electron chi connectivity index (χ4n) is 5.73. The Hall–Kier alpha value is -2.43. The summed E-state index contributed by atoms with van der Waals surface area (Å²) in [7, 11) is 1.60. The van der Waals surface area contributed by atoms with Gasteiger partial charge in [0.05, 0.1) is 19.3 Å². The zero-order valence-corrected chi connectivity index (χ0v) is 22.0. The van der Waals surface area contributed by atoms with Gasteiger partial charge in [-0.25, -0.2) is 8.78 Å². The molecule has 1 aliphatic heterocycles. The minimum Gasteiger partial charge on any atom is -0.391 e. The highest BCUT2D eigenvalue weighted by Gasteiger charge is 2.46. The Kier molecular flexibility index (Phi) is 9.15. The average Bonchev–Trinajstić information content (AvgIpc) is 3.25. The largest absolute Gasteiger partial charge is 0.391 e. The standard InChI is InChI=1S/C29H38F2N2O5/c1-18-14-19(8-9-22(18)30)27-21(6-5-7-23(27)31)29(36,10-3-4-12-37-2)26-17-33(11-13-38-26)28(35)20-15-24(32)25(34)16-20/h5-9,14,20,24-26,34,36H,3-4,10-13,15-17,32H2,1-2H3/t20-,24+,25-,26+,29-/m0/s1. The summed E-state index contributed by atoms with van der Waals surface area (Å²) in [6, 6.07) is 8.44. The third kappa shape index (κ3) is 5.92. The molecule has 2 fully saturated rings. The first kappa shape index (κ1) is 28.6. The predicted molar refractivity (Wildman–Crippen MR) is 139 cm³/mol. The predicted octanol–water partition coefficient (Wildman–Crippen LogP) is 3.27. The van der Waals surface area contributed by atoms with E-state index in [1.54, 1.807) is 31.1 Å². The lowest BCUT2D eigenvalue weighted by atomic mass is 9.78. The Labute approximate surface area is 222 Å². The maximum atomic E-state index is 15.4. The number of hydrogen-bond acceptors (Lipinski definition) is 6. The number of unbranched alkanes of at least 4 members (excludes halogenated alkanes) is 1. The summed E-state index contributed by atoms with van der Waals surface area (Å²) < 4.78 is 40.7. The molecule has 0 unspecified atom stereocenters. The van der Waals surface area contributed by atoms with Crippen molar-refractivity contribution >= 4 is 5.91 Å². The first-order valence-electron chi connectivity index (χ1n) is 13.3. The number of aliphatic hydroxyl groups excluding tert-OH is 1. The van der Waals surface area contributed by atoms with E-state index in [0.29, 0.717) is 55.5 Å². The molecule has 9 heteroatoms. The van der Waals surface area contributed by atoms with Crippen molar-refractivity contribution < 1.29 is 33.3 Å². The highest BCUT2D eigenvalue weighted by atomic mass is 19.1. The molecule has 1 amide bonds. The Bertz CT molecular complexity index is 1120. The monoisotopic (exact) mass is 532 g/mol. The second kappa shape index (κ2) is 12.2. The fourth-order valence-corrected chi connectivity index (χ4v) is 5.73. The summed E-state index contributed by atoms with van der Waals surface area (Å²) in [5.41, 5.74) is 5.63. The number of methoxy groups -OCH3 is 1. The van der Waals surface area contributed by atoms with Crippen molar-refractivity contribution in [1.82, 2.24) is 4.90 Å². The van der Waals surface area contributed by atoms with Gasteiger partial charge in [-0.2, -0.15) is 0 Å². The van der Waals surface area contributed by atoms with Crippen LogP contribution in [0.3, 0.4) is 0 Å². The van der Waals surface area contributed by atoms with Crippen LogP contribution in [0.4, 0.5) is 8.78 Å². The van der Waals surface area contributed by atoms with Gasteiger partial charge in [-0.05, 0) is 73.9 Å². The van der Waals surface area contributed by atoms with Crippen molar-refractivity contribution in [3.63, 3.8) is 0 Å². The topological polar surface area (TPSA) is 105 Å². The maximum Gasteiger partial charge on any atom is 0.226 e. The van der Waals surface area contributed by atoms with Crippen LogP contribution in [0.25, 0.3) is 11.1 Å². The normalized spacial score (nSPS) is 25.4. The number of halogens is 2. The van der Waals surface area contributed by atoms with Crippen LogP contribution in [-0.2, 0) is 19.9 Å². The molecule has 0 aromatic heterocycles. The number of morpholine rings is 1. The molecule has 208 valence electrons. The van der Waals surface area contributed by atoms with E-state index in [1.165, 1.54) is 24.3 Å². The molecule has 5 atom stereocenters. The Morgan fingerprint density at radius 1 is 1.21 bits per heavy atom. The molecule has 1 saturated heterocycles. The molecular formula is C29H38F2N2O5. The van der Waals surface area contributed by atoms with E-state index in [0.717, 1.165) is 0 Å². The number of carbonyl (C=O) groups excluding carboxylic acids is 1. The molecule has 2 aromatic rings. The van der Waals surface area contributed by atoms with Gasteiger partial charge in [-0.1, -0.05) is 18.2 Å². The minimum absolute atomic E-state index is 0.111. The van der Waals surface area contributed by atoms with Gasteiger partial charge in [0.1, 0.15) is 23.3 Å². The molecule has 2 aliphatic rings. The van der Waals surface area contributed by atoms with Crippen LogP contribution in [0.15, 0.2) is 36.4 Å². The van der Waals surface area contributed by atoms with E-state index >= 15 is 4.39 Å². The molecule has 1 aliphatic carbocycles. The molecule has 4 rings (SSSR count). The molecular weight excluding hydrogens is 494 g/mol. The molecule has 1 heterocycles. The minimum atomic E-state index is -1.64. The van der Waals surface area contributed by atoms with Gasteiger partial charge in [0.25, 0.3) is 0 Å². The van der Waals surface area contributed by atoms with E-state index in [9.17, 15) is 19.4 Å². The van der Waals surface area contributed by atoms with Gasteiger partial charge in [-0.3, -0.25) is 4.79 Å². The zero-order valence-electron chi connectivity index (χ0n) is 22.0. The second-order valence-corrected chi connectivity index (χ2v) is 10.5. The van der Waals surface area contributed by atoms with Crippen LogP contribution >= 0.6 is 0 Å². The third-order valence-corrected chi connectivity index (χ3v) is 7.92. The summed E-state index contributed by atoms with van der Waals surface area (Å²) in [6.07, 6.45) is 0.652. The highest BCUT2D eigenvalue weighted by Crippen LogP contribution is 2.42. The first-order valence-corrected chi connectivity index (χ1v) is 13.3. The van der Waals surface area contributed by atoms with Crippen molar-refractivity contribution in [3.05, 3.63) is 59.2 Å². The number of nitrogens with two attached hydrogens (primary N) is 1. The van der Waals surface area contributed by atoms with Crippen LogP contribution in [0.5, 0.6) is 0 Å². The molecule has 1 saturated carbocycles. The molecule has 2 aromatic carbocycles. The van der Waals surface area contributed by atoms with Gasteiger partial charge in [0, 0.05) is 37.8 Å². The summed E-state index contributed by atoms with van der Waals surface area (Å²) in [4.78, 5) is 15.0. The highest BCUT2D eigenvalue weighted by molar-refractivity contribution is 5.79. The Balaban J connectivity index is 1.69. The molecule has 38 heavy (non-hydrogen) atoms. The summed E-state index contributed by atoms with van der Waals surface area (Å²) in [5.74, 6) is -1.45. The quantitative estimate of drug-likeness (QED) is 0.428. The summed E-state index contributed by atoms with van der Waals surface area (Å²) in [6.45, 7) is 2.78. The van der Waals surface area contributed by atoms with Crippen molar-refractivity contribution in [2.45, 2.75) is 62.9 Å². The van der Waals surface area contributed by atoms with Gasteiger partial charge < -0.3 is 30.3 Å². The molecule has 4 N–H and O–H groups in total. The number of rotatable bonds is 9. The van der Waals surface area contributed by atoms with E-state index in [1.807, 2.05) is 0 Å². The second-order valence-electron chi connectivity index (χ2n) is 10.5. The molecule has 0 bridgehead atoms. The van der Waals surface area contributed by atoms with E-state index in [-0.39, 0.29) is 37.0 Å². The van der Waals surface area contributed by atoms with E-state index in [2.05, 4.69) is 0 Å². The van der Waals surface area contributed by atoms with Crippen molar-refractivity contribution in [1.29, 1.82) is 0 Å². The maximum absolute atomic E-state index is 15.4. The number of amides is 1. The average molecular weight is 533 g/mol. The van der Waals surface area contributed by atoms with Gasteiger partial charge in [0.2, 0.25) is 5.91 Å². The first-order chi connectivity index (χ1) is 18.2. The lowest BCUT2D eigenvalue weighted by molar-refractivity contribution is -0.167. The van der Waals surface area contributed by atoms with Crippen molar-refractivity contribution in [3.8, 4) is 11.1 Å². The molecule has 0 radical (unpaired) electrons. The number of aliphatic hydroxyl groups is 2. The lowest BCUT2D eigenvalue weighted by Crippen LogP contribution is -2.55. The van der Waals surface area contributed by atoms with Crippen LogP contribution in [0, 0.1) is 24.5 Å². The third-order valence-electron chi connectivity index (χ3n) is 7.92. The SMILES string of the molecule is COCCCC[C@](O)(c1cccc(F)c1-c1ccc(F)c(C)c1)[C@H]1CN(C(=O)[C@H]2C[C@@H](N)[C@@H](O)C2)CCO1. The van der Waals surface area contributed by atoms with Crippen molar-refractivity contribution in [2.24, 2.45) is 11.7 Å². The van der Waals surface area contributed by atoms with Gasteiger partial charge in [-0.15, -0.1) is 0 Å². The lowest BCUT2D eigenvalue weighted by Gasteiger charge is -2.43. The van der Waals surface area contributed by atoms with E-state index < -0.39 is 35.5 Å². The molecule has 7 nitrogen and oxygen atoms in total. The number of carbonyl (C=O) groups is 1. The van der Waals surface area contributed by atoms with Crippen LogP contribution in [-0.4, -0.2) is 72.7 Å². The zero-order chi connectivity index (χ0) is 27.4. The Morgan fingerprint density at radius 2 is 2.00 bits per heavy atom. The van der Waals surface area contributed by atoms with Crippen molar-refractivity contribution in [2.75, 3.05) is 33.4 Å². The fraction of sp³-hybridized carbons (Fsp3) is 0.552. The van der Waals surface area contributed by atoms with Crippen LogP contribution in [0.2, 0.25) is 0 Å². The number of aryl methyl sites for hydroxylation is 1.